The molecule has 1 aliphatic rings. The minimum Gasteiger partial charge on any atom is -0.398 e. The first kappa shape index (κ1) is 24.9. The standard InChI is InChI=1S/C32H41N3/c1-3-4-5-14-21-34-24(2)35-27-22-30-28(25-15-8-6-9-16-25)19-12-13-20-29(31(23-27)32(30)33)26-17-10-7-11-18-26/h6-11,15-18,22-23,28-29,34-35H,2-5,12-14,19-21,33H2,1H3. The van der Waals surface area contributed by atoms with Gasteiger partial charge in [0.25, 0.3) is 0 Å². The number of hydrogen-bond donors (Lipinski definition) is 3. The SMILES string of the molecule is C=C(NCCCCCC)Nc1cc2c(N)c(c1)C(c1ccccc1)CCCCC2c1ccccc1. The normalized spacial score (nSPS) is 17.6. The van der Waals surface area contributed by atoms with Crippen molar-refractivity contribution in [2.45, 2.75) is 70.1 Å². The Hall–Kier alpha value is -3.20. The maximum Gasteiger partial charge on any atom is 0.0957 e. The zero-order valence-corrected chi connectivity index (χ0v) is 21.2. The van der Waals surface area contributed by atoms with Crippen molar-refractivity contribution in [2.24, 2.45) is 0 Å². The molecule has 0 saturated carbocycles. The molecular weight excluding hydrogens is 426 g/mol. The van der Waals surface area contributed by atoms with Gasteiger partial charge >= 0.3 is 0 Å². The summed E-state index contributed by atoms with van der Waals surface area (Å²) in [5.41, 5.74) is 14.2. The second kappa shape index (κ2) is 12.5. The van der Waals surface area contributed by atoms with Gasteiger partial charge in [0.15, 0.2) is 0 Å². The van der Waals surface area contributed by atoms with Crippen molar-refractivity contribution in [3.05, 3.63) is 107 Å². The van der Waals surface area contributed by atoms with E-state index in [1.807, 2.05) is 0 Å². The highest BCUT2D eigenvalue weighted by Crippen LogP contribution is 2.44. The molecule has 0 aromatic heterocycles. The molecule has 2 atom stereocenters. The Balaban J connectivity index is 1.69. The molecule has 2 bridgehead atoms. The Kier molecular flexibility index (Phi) is 8.89. The Morgan fingerprint density at radius 3 is 1.89 bits per heavy atom. The summed E-state index contributed by atoms with van der Waals surface area (Å²) in [6, 6.07) is 26.2. The first-order chi connectivity index (χ1) is 17.2. The summed E-state index contributed by atoms with van der Waals surface area (Å²) in [5, 5.41) is 7.03. The lowest BCUT2D eigenvalue weighted by Gasteiger charge is -2.25. The van der Waals surface area contributed by atoms with Crippen LogP contribution < -0.4 is 16.4 Å². The Morgan fingerprint density at radius 2 is 1.37 bits per heavy atom. The van der Waals surface area contributed by atoms with Gasteiger partial charge in [-0.2, -0.15) is 0 Å². The number of fused-ring (bicyclic) bond motifs is 2. The first-order valence-corrected chi connectivity index (χ1v) is 13.4. The van der Waals surface area contributed by atoms with E-state index in [2.05, 4.69) is 96.9 Å². The molecule has 3 aromatic rings. The molecular formula is C32H41N3. The molecule has 4 N–H and O–H groups in total. The fraction of sp³-hybridized carbons (Fsp3) is 0.375. The highest BCUT2D eigenvalue weighted by atomic mass is 15.1. The topological polar surface area (TPSA) is 50.1 Å². The van der Waals surface area contributed by atoms with Gasteiger partial charge in [-0.1, -0.05) is 106 Å². The number of nitrogen functional groups attached to an aromatic ring is 1. The van der Waals surface area contributed by atoms with Gasteiger partial charge in [0.05, 0.1) is 5.82 Å². The zero-order valence-electron chi connectivity index (χ0n) is 21.2. The Labute approximate surface area is 211 Å². The maximum atomic E-state index is 7.00. The molecule has 0 amide bonds. The van der Waals surface area contributed by atoms with Gasteiger partial charge in [-0.25, -0.2) is 0 Å². The van der Waals surface area contributed by atoms with Crippen LogP contribution in [0.4, 0.5) is 11.4 Å². The summed E-state index contributed by atoms with van der Waals surface area (Å²) in [6.45, 7) is 7.44. The summed E-state index contributed by atoms with van der Waals surface area (Å²) in [4.78, 5) is 0. The number of benzene rings is 3. The molecule has 0 saturated heterocycles. The van der Waals surface area contributed by atoms with Crippen LogP contribution >= 0.6 is 0 Å². The number of anilines is 2. The van der Waals surface area contributed by atoms with E-state index in [4.69, 9.17) is 5.73 Å². The van der Waals surface area contributed by atoms with Crippen LogP contribution in [0, 0.1) is 0 Å². The molecule has 3 aromatic carbocycles. The van der Waals surface area contributed by atoms with E-state index in [0.29, 0.717) is 11.8 Å². The van der Waals surface area contributed by atoms with Crippen LogP contribution in [0.1, 0.15) is 92.4 Å². The fourth-order valence-corrected chi connectivity index (χ4v) is 5.43. The third kappa shape index (κ3) is 6.48. The minimum absolute atomic E-state index is 0.293. The van der Waals surface area contributed by atoms with Crippen LogP contribution in [-0.4, -0.2) is 6.54 Å². The molecule has 0 spiro atoms. The predicted octanol–water partition coefficient (Wildman–Crippen LogP) is 8.16. The highest BCUT2D eigenvalue weighted by Gasteiger charge is 2.26. The minimum atomic E-state index is 0.293. The number of unbranched alkanes of at least 4 members (excludes halogenated alkanes) is 3. The van der Waals surface area contributed by atoms with Gasteiger partial charge in [0.2, 0.25) is 0 Å². The molecule has 1 aliphatic carbocycles. The van der Waals surface area contributed by atoms with Crippen LogP contribution in [0.3, 0.4) is 0 Å². The number of nitrogens with one attached hydrogen (secondary N) is 2. The molecule has 4 rings (SSSR count). The van der Waals surface area contributed by atoms with Crippen molar-refractivity contribution in [1.29, 1.82) is 0 Å². The fourth-order valence-electron chi connectivity index (χ4n) is 5.43. The van der Waals surface area contributed by atoms with Gasteiger partial charge < -0.3 is 16.4 Å². The maximum absolute atomic E-state index is 7.00. The lowest BCUT2D eigenvalue weighted by atomic mass is 9.83. The second-order valence-electron chi connectivity index (χ2n) is 9.87. The number of nitrogens with two attached hydrogens (primary N) is 1. The van der Waals surface area contributed by atoms with Crippen molar-refractivity contribution < 1.29 is 0 Å². The lowest BCUT2D eigenvalue weighted by Crippen LogP contribution is -2.20. The quantitative estimate of drug-likeness (QED) is 0.208. The summed E-state index contributed by atoms with van der Waals surface area (Å²) in [6.07, 6.45) is 9.55. The largest absolute Gasteiger partial charge is 0.398 e. The van der Waals surface area contributed by atoms with Crippen LogP contribution in [0.5, 0.6) is 0 Å². The highest BCUT2D eigenvalue weighted by molar-refractivity contribution is 5.68. The van der Waals surface area contributed by atoms with Gasteiger partial charge in [-0.05, 0) is 53.6 Å². The van der Waals surface area contributed by atoms with Gasteiger partial charge in [0.1, 0.15) is 0 Å². The average Bonchev–Trinajstić information content (AvgIpc) is 2.91. The molecule has 3 heteroatoms. The molecule has 184 valence electrons. The molecule has 0 heterocycles. The van der Waals surface area contributed by atoms with Crippen molar-refractivity contribution in [2.75, 3.05) is 17.6 Å². The first-order valence-electron chi connectivity index (χ1n) is 13.4. The van der Waals surface area contributed by atoms with E-state index in [1.165, 1.54) is 60.8 Å². The molecule has 35 heavy (non-hydrogen) atoms. The summed E-state index contributed by atoms with van der Waals surface area (Å²) in [5.74, 6) is 1.44. The molecule has 2 unspecified atom stereocenters. The number of rotatable bonds is 10. The van der Waals surface area contributed by atoms with Crippen LogP contribution in [-0.2, 0) is 0 Å². The summed E-state index contributed by atoms with van der Waals surface area (Å²) in [7, 11) is 0. The lowest BCUT2D eigenvalue weighted by molar-refractivity contribution is 0.586. The zero-order chi connectivity index (χ0) is 24.5. The van der Waals surface area contributed by atoms with E-state index in [0.717, 1.165) is 36.6 Å². The van der Waals surface area contributed by atoms with Crippen molar-refractivity contribution in [1.82, 2.24) is 5.32 Å². The van der Waals surface area contributed by atoms with Gasteiger partial charge in [-0.3, -0.25) is 0 Å². The van der Waals surface area contributed by atoms with Gasteiger partial charge in [-0.15, -0.1) is 0 Å². The smallest absolute Gasteiger partial charge is 0.0957 e. The van der Waals surface area contributed by atoms with Crippen molar-refractivity contribution in [3.63, 3.8) is 0 Å². The molecule has 0 aliphatic heterocycles. The van der Waals surface area contributed by atoms with Crippen molar-refractivity contribution >= 4 is 11.4 Å². The Bertz CT molecular complexity index is 1000. The van der Waals surface area contributed by atoms with Crippen LogP contribution in [0.15, 0.2) is 85.2 Å². The predicted molar refractivity (Wildman–Crippen MR) is 151 cm³/mol. The monoisotopic (exact) mass is 467 g/mol. The van der Waals surface area contributed by atoms with E-state index in [1.54, 1.807) is 0 Å². The van der Waals surface area contributed by atoms with Crippen molar-refractivity contribution in [3.8, 4) is 0 Å². The second-order valence-corrected chi connectivity index (χ2v) is 9.87. The molecule has 3 nitrogen and oxygen atoms in total. The Morgan fingerprint density at radius 1 is 0.829 bits per heavy atom. The summed E-state index contributed by atoms with van der Waals surface area (Å²) < 4.78 is 0. The van der Waals surface area contributed by atoms with E-state index < -0.39 is 0 Å². The number of hydrogen-bond acceptors (Lipinski definition) is 3. The van der Waals surface area contributed by atoms with Crippen LogP contribution in [0.2, 0.25) is 0 Å². The molecule has 0 radical (unpaired) electrons. The third-order valence-corrected chi connectivity index (χ3v) is 7.30. The average molecular weight is 468 g/mol. The van der Waals surface area contributed by atoms with Crippen LogP contribution in [0.25, 0.3) is 0 Å². The van der Waals surface area contributed by atoms with Gasteiger partial charge in [0, 0.05) is 29.8 Å². The third-order valence-electron chi connectivity index (χ3n) is 7.30. The summed E-state index contributed by atoms with van der Waals surface area (Å²) >= 11 is 0. The van der Waals surface area contributed by atoms with E-state index in [-0.39, 0.29) is 0 Å². The van der Waals surface area contributed by atoms with E-state index >= 15 is 0 Å². The van der Waals surface area contributed by atoms with E-state index in [9.17, 15) is 0 Å². The molecule has 0 fully saturated rings.